The van der Waals surface area contributed by atoms with E-state index in [1.807, 2.05) is 31.2 Å². The van der Waals surface area contributed by atoms with Gasteiger partial charge in [-0.25, -0.2) is 0 Å². The zero-order valence-corrected chi connectivity index (χ0v) is 16.3. The van der Waals surface area contributed by atoms with Gasteiger partial charge in [-0.05, 0) is 49.2 Å². The fourth-order valence-corrected chi connectivity index (χ4v) is 3.62. The minimum Gasteiger partial charge on any atom is -0.381 e. The van der Waals surface area contributed by atoms with Crippen LogP contribution in [0.25, 0.3) is 0 Å². The molecule has 0 aromatic heterocycles. The third-order valence-corrected chi connectivity index (χ3v) is 5.58. The first kappa shape index (κ1) is 19.0. The molecule has 0 aliphatic rings. The molecule has 0 saturated carbocycles. The number of aryl methyl sites for hydroxylation is 2. The van der Waals surface area contributed by atoms with Crippen LogP contribution >= 0.6 is 0 Å². The van der Waals surface area contributed by atoms with Gasteiger partial charge in [0.05, 0.1) is 0 Å². The summed E-state index contributed by atoms with van der Waals surface area (Å²) in [6, 6.07) is 22.0. The summed E-state index contributed by atoms with van der Waals surface area (Å²) in [4.78, 5) is 0.144. The Labute approximate surface area is 161 Å². The standard InChI is InChI=1S/C22H23NO3S/c1-3-18-10-12-20(13-11-18)23-16-19-6-4-5-7-22(19)26-27(24,25)21-14-8-17(2)9-15-21/h4-15,23H,3,16H2,1-2H3. The normalized spacial score (nSPS) is 11.2. The zero-order valence-electron chi connectivity index (χ0n) is 15.5. The molecular weight excluding hydrogens is 358 g/mol. The molecule has 0 spiro atoms. The van der Waals surface area contributed by atoms with Gasteiger partial charge in [0, 0.05) is 17.8 Å². The largest absolute Gasteiger partial charge is 0.381 e. The van der Waals surface area contributed by atoms with E-state index in [2.05, 4.69) is 24.4 Å². The second kappa shape index (κ2) is 8.27. The Bertz CT molecular complexity index is 994. The Kier molecular flexibility index (Phi) is 5.81. The predicted octanol–water partition coefficient (Wildman–Crippen LogP) is 4.94. The van der Waals surface area contributed by atoms with Gasteiger partial charge >= 0.3 is 10.1 Å². The van der Waals surface area contributed by atoms with Crippen LogP contribution in [-0.2, 0) is 23.1 Å². The summed E-state index contributed by atoms with van der Waals surface area (Å²) < 4.78 is 30.6. The maximum atomic E-state index is 12.6. The van der Waals surface area contributed by atoms with Crippen LogP contribution < -0.4 is 9.50 Å². The van der Waals surface area contributed by atoms with Crippen LogP contribution in [0, 0.1) is 6.92 Å². The first-order valence-electron chi connectivity index (χ1n) is 8.90. The molecule has 0 radical (unpaired) electrons. The number of rotatable bonds is 7. The number of para-hydroxylation sites is 1. The molecule has 3 rings (SSSR count). The average Bonchev–Trinajstić information content (AvgIpc) is 2.68. The molecule has 5 heteroatoms. The maximum Gasteiger partial charge on any atom is 0.339 e. The van der Waals surface area contributed by atoms with E-state index in [1.54, 1.807) is 36.4 Å². The van der Waals surface area contributed by atoms with Crippen LogP contribution in [0.2, 0.25) is 0 Å². The summed E-state index contributed by atoms with van der Waals surface area (Å²) in [5, 5.41) is 3.31. The van der Waals surface area contributed by atoms with Crippen molar-refractivity contribution in [2.24, 2.45) is 0 Å². The molecule has 1 N–H and O–H groups in total. The first-order chi connectivity index (χ1) is 13.0. The smallest absolute Gasteiger partial charge is 0.339 e. The van der Waals surface area contributed by atoms with Crippen molar-refractivity contribution in [3.05, 3.63) is 89.5 Å². The molecule has 4 nitrogen and oxygen atoms in total. The Morgan fingerprint density at radius 1 is 0.889 bits per heavy atom. The van der Waals surface area contributed by atoms with Crippen molar-refractivity contribution in [1.82, 2.24) is 0 Å². The Morgan fingerprint density at radius 3 is 2.22 bits per heavy atom. The van der Waals surface area contributed by atoms with E-state index < -0.39 is 10.1 Å². The van der Waals surface area contributed by atoms with Gasteiger partial charge in [0.15, 0.2) is 0 Å². The summed E-state index contributed by atoms with van der Waals surface area (Å²) in [6.07, 6.45) is 0.994. The summed E-state index contributed by atoms with van der Waals surface area (Å²) in [7, 11) is -3.87. The summed E-state index contributed by atoms with van der Waals surface area (Å²) >= 11 is 0. The van der Waals surface area contributed by atoms with Crippen LogP contribution in [0.1, 0.15) is 23.6 Å². The Balaban J connectivity index is 1.76. The van der Waals surface area contributed by atoms with E-state index in [0.717, 1.165) is 23.2 Å². The van der Waals surface area contributed by atoms with E-state index >= 15 is 0 Å². The number of anilines is 1. The molecular formula is C22H23NO3S. The van der Waals surface area contributed by atoms with Gasteiger partial charge in [0.25, 0.3) is 0 Å². The van der Waals surface area contributed by atoms with Crippen molar-refractivity contribution >= 4 is 15.8 Å². The number of hydrogen-bond donors (Lipinski definition) is 1. The molecule has 0 unspecified atom stereocenters. The molecule has 0 heterocycles. The van der Waals surface area contributed by atoms with Crippen molar-refractivity contribution in [3.63, 3.8) is 0 Å². The maximum absolute atomic E-state index is 12.6. The van der Waals surface area contributed by atoms with Gasteiger partial charge in [0.2, 0.25) is 0 Å². The SMILES string of the molecule is CCc1ccc(NCc2ccccc2OS(=O)(=O)c2ccc(C)cc2)cc1. The molecule has 0 aliphatic carbocycles. The number of nitrogens with one attached hydrogen (secondary N) is 1. The van der Waals surface area contributed by atoms with E-state index in [9.17, 15) is 8.42 Å². The fraction of sp³-hybridized carbons (Fsp3) is 0.182. The van der Waals surface area contributed by atoms with Crippen molar-refractivity contribution in [2.75, 3.05) is 5.32 Å². The average molecular weight is 381 g/mol. The van der Waals surface area contributed by atoms with Crippen LogP contribution in [0.15, 0.2) is 77.7 Å². The molecule has 3 aromatic carbocycles. The van der Waals surface area contributed by atoms with Crippen LogP contribution in [0.3, 0.4) is 0 Å². The lowest BCUT2D eigenvalue weighted by Crippen LogP contribution is -2.12. The first-order valence-corrected chi connectivity index (χ1v) is 10.3. The molecule has 0 atom stereocenters. The predicted molar refractivity (Wildman–Crippen MR) is 109 cm³/mol. The monoisotopic (exact) mass is 381 g/mol. The quantitative estimate of drug-likeness (QED) is 0.589. The second-order valence-corrected chi connectivity index (χ2v) is 7.91. The second-order valence-electron chi connectivity index (χ2n) is 6.36. The Morgan fingerprint density at radius 2 is 1.56 bits per heavy atom. The lowest BCUT2D eigenvalue weighted by molar-refractivity contribution is 0.483. The summed E-state index contributed by atoms with van der Waals surface area (Å²) in [5.74, 6) is 0.329. The van der Waals surface area contributed by atoms with Crippen molar-refractivity contribution in [1.29, 1.82) is 0 Å². The highest BCUT2D eigenvalue weighted by molar-refractivity contribution is 7.87. The van der Waals surface area contributed by atoms with E-state index in [1.165, 1.54) is 5.56 Å². The molecule has 3 aromatic rings. The van der Waals surface area contributed by atoms with Gasteiger partial charge in [-0.15, -0.1) is 0 Å². The number of benzene rings is 3. The fourth-order valence-electron chi connectivity index (χ4n) is 2.66. The lowest BCUT2D eigenvalue weighted by atomic mass is 10.1. The van der Waals surface area contributed by atoms with E-state index in [-0.39, 0.29) is 4.90 Å². The topological polar surface area (TPSA) is 55.4 Å². The lowest BCUT2D eigenvalue weighted by Gasteiger charge is -2.13. The third-order valence-electron chi connectivity index (χ3n) is 4.33. The van der Waals surface area contributed by atoms with Crippen LogP contribution in [0.4, 0.5) is 5.69 Å². The number of hydrogen-bond acceptors (Lipinski definition) is 4. The Hall–Kier alpha value is -2.79. The highest BCUT2D eigenvalue weighted by atomic mass is 32.2. The van der Waals surface area contributed by atoms with Gasteiger partial charge in [0.1, 0.15) is 10.6 Å². The molecule has 0 bridgehead atoms. The minimum absolute atomic E-state index is 0.144. The van der Waals surface area contributed by atoms with Crippen molar-refractivity contribution < 1.29 is 12.6 Å². The van der Waals surface area contributed by atoms with Crippen molar-refractivity contribution in [3.8, 4) is 5.75 Å². The van der Waals surface area contributed by atoms with Gasteiger partial charge in [-0.1, -0.05) is 55.0 Å². The molecule has 27 heavy (non-hydrogen) atoms. The van der Waals surface area contributed by atoms with Crippen LogP contribution in [0.5, 0.6) is 5.75 Å². The molecule has 0 fully saturated rings. The van der Waals surface area contributed by atoms with Crippen LogP contribution in [-0.4, -0.2) is 8.42 Å². The van der Waals surface area contributed by atoms with Gasteiger partial charge in [-0.2, -0.15) is 8.42 Å². The summed E-state index contributed by atoms with van der Waals surface area (Å²) in [6.45, 7) is 4.49. The summed E-state index contributed by atoms with van der Waals surface area (Å²) in [5.41, 5.74) is 4.01. The highest BCUT2D eigenvalue weighted by Gasteiger charge is 2.18. The van der Waals surface area contributed by atoms with Gasteiger partial charge in [-0.3, -0.25) is 0 Å². The van der Waals surface area contributed by atoms with Crippen molar-refractivity contribution in [2.45, 2.75) is 31.7 Å². The highest BCUT2D eigenvalue weighted by Crippen LogP contribution is 2.24. The zero-order chi connectivity index (χ0) is 19.3. The molecule has 0 aliphatic heterocycles. The molecule has 140 valence electrons. The minimum atomic E-state index is -3.87. The third kappa shape index (κ3) is 4.89. The van der Waals surface area contributed by atoms with Gasteiger partial charge < -0.3 is 9.50 Å². The molecule has 0 saturated heterocycles. The van der Waals surface area contributed by atoms with E-state index in [4.69, 9.17) is 4.18 Å². The van der Waals surface area contributed by atoms with E-state index in [0.29, 0.717) is 12.3 Å². The molecule has 0 amide bonds.